The fourth-order valence-corrected chi connectivity index (χ4v) is 3.76. The lowest BCUT2D eigenvalue weighted by molar-refractivity contribution is -0.156. The molecule has 1 amide bonds. The molecule has 0 aromatic heterocycles. The Morgan fingerprint density at radius 3 is 2.67 bits per heavy atom. The number of aliphatic hydroxyl groups is 1. The summed E-state index contributed by atoms with van der Waals surface area (Å²) in [6.45, 7) is 6.54. The van der Waals surface area contributed by atoms with Crippen molar-refractivity contribution in [2.24, 2.45) is 0 Å². The van der Waals surface area contributed by atoms with Crippen LogP contribution in [0.5, 0.6) is 0 Å². The van der Waals surface area contributed by atoms with E-state index in [4.69, 9.17) is 0 Å². The molecule has 0 unspecified atom stereocenters. The largest absolute Gasteiger partial charge is 0.379 e. The molecule has 0 aliphatic carbocycles. The number of rotatable bonds is 7. The Morgan fingerprint density at radius 1 is 1.11 bits per heavy atom. The van der Waals surface area contributed by atoms with E-state index in [0.29, 0.717) is 26.1 Å². The fraction of sp³-hybridized carbons (Fsp3) is 0.435. The zero-order valence-corrected chi connectivity index (χ0v) is 16.4. The predicted octanol–water partition coefficient (Wildman–Crippen LogP) is 2.99. The Kier molecular flexibility index (Phi) is 6.30. The van der Waals surface area contributed by atoms with Gasteiger partial charge in [0.2, 0.25) is 0 Å². The topological polar surface area (TPSA) is 52.6 Å². The summed E-state index contributed by atoms with van der Waals surface area (Å²) in [5.41, 5.74) is 3.65. The average Bonchev–Trinajstić information content (AvgIpc) is 2.67. The number of likely N-dealkylation sites (tertiary alicyclic amines) is 1. The Morgan fingerprint density at radius 2 is 1.89 bits per heavy atom. The second kappa shape index (κ2) is 8.68. The predicted molar refractivity (Wildman–Crippen MR) is 109 cm³/mol. The van der Waals surface area contributed by atoms with Crippen LogP contribution < -0.4 is 5.32 Å². The molecule has 0 radical (unpaired) electrons. The van der Waals surface area contributed by atoms with Crippen molar-refractivity contribution in [2.45, 2.75) is 45.3 Å². The highest BCUT2D eigenvalue weighted by Gasteiger charge is 2.41. The lowest BCUT2D eigenvalue weighted by Gasteiger charge is -2.38. The molecule has 2 aromatic rings. The molecule has 0 spiro atoms. The van der Waals surface area contributed by atoms with E-state index in [0.717, 1.165) is 19.4 Å². The van der Waals surface area contributed by atoms with Gasteiger partial charge in [-0.3, -0.25) is 4.79 Å². The molecule has 1 heterocycles. The number of benzene rings is 2. The molecule has 144 valence electrons. The van der Waals surface area contributed by atoms with Crippen LogP contribution in [0.4, 0.5) is 0 Å². The molecule has 4 heteroatoms. The van der Waals surface area contributed by atoms with Crippen molar-refractivity contribution in [3.63, 3.8) is 0 Å². The van der Waals surface area contributed by atoms with Crippen LogP contribution in [0.15, 0.2) is 48.5 Å². The molecule has 4 nitrogen and oxygen atoms in total. The third kappa shape index (κ3) is 4.76. The highest BCUT2D eigenvalue weighted by Crippen LogP contribution is 2.23. The van der Waals surface area contributed by atoms with Gasteiger partial charge >= 0.3 is 0 Å². The minimum atomic E-state index is -1.30. The zero-order chi connectivity index (χ0) is 19.3. The second-order valence-electron chi connectivity index (χ2n) is 7.63. The zero-order valence-electron chi connectivity index (χ0n) is 16.4. The summed E-state index contributed by atoms with van der Waals surface area (Å²) < 4.78 is 0. The third-order valence-electron chi connectivity index (χ3n) is 5.67. The van der Waals surface area contributed by atoms with E-state index >= 15 is 0 Å². The molecule has 0 saturated carbocycles. The van der Waals surface area contributed by atoms with E-state index in [1.54, 1.807) is 0 Å². The number of hydrogen-bond acceptors (Lipinski definition) is 3. The van der Waals surface area contributed by atoms with Crippen molar-refractivity contribution < 1.29 is 9.90 Å². The Bertz CT molecular complexity index is 775. The minimum Gasteiger partial charge on any atom is -0.379 e. The molecule has 1 atom stereocenters. The highest BCUT2D eigenvalue weighted by atomic mass is 16.3. The van der Waals surface area contributed by atoms with Gasteiger partial charge in [0.25, 0.3) is 5.91 Å². The summed E-state index contributed by atoms with van der Waals surface area (Å²) in [6, 6.07) is 16.4. The van der Waals surface area contributed by atoms with Crippen LogP contribution in [0.1, 0.15) is 35.1 Å². The van der Waals surface area contributed by atoms with Crippen molar-refractivity contribution in [3.05, 3.63) is 70.8 Å². The van der Waals surface area contributed by atoms with Crippen molar-refractivity contribution in [1.82, 2.24) is 10.2 Å². The maximum atomic E-state index is 12.9. The van der Waals surface area contributed by atoms with Crippen LogP contribution in [0, 0.1) is 13.8 Å². The Balaban J connectivity index is 1.56. The van der Waals surface area contributed by atoms with Crippen LogP contribution in [-0.4, -0.2) is 41.1 Å². The van der Waals surface area contributed by atoms with Crippen molar-refractivity contribution in [3.8, 4) is 0 Å². The maximum absolute atomic E-state index is 12.9. The van der Waals surface area contributed by atoms with Gasteiger partial charge in [-0.2, -0.15) is 0 Å². The van der Waals surface area contributed by atoms with Crippen molar-refractivity contribution >= 4 is 5.91 Å². The quantitative estimate of drug-likeness (QED) is 0.792. The number of carbonyl (C=O) groups is 1. The summed E-state index contributed by atoms with van der Waals surface area (Å²) >= 11 is 0. The fourth-order valence-electron chi connectivity index (χ4n) is 3.76. The van der Waals surface area contributed by atoms with Gasteiger partial charge in [0.15, 0.2) is 5.60 Å². The number of piperidine rings is 1. The molecule has 0 bridgehead atoms. The molecule has 2 aromatic carbocycles. The van der Waals surface area contributed by atoms with Crippen LogP contribution in [-0.2, 0) is 17.8 Å². The van der Waals surface area contributed by atoms with Crippen LogP contribution >= 0.6 is 0 Å². The first-order valence-corrected chi connectivity index (χ1v) is 9.81. The molecular formula is C23H30N2O2. The maximum Gasteiger partial charge on any atom is 0.255 e. The van der Waals surface area contributed by atoms with Gasteiger partial charge < -0.3 is 15.3 Å². The summed E-state index contributed by atoms with van der Waals surface area (Å²) in [4.78, 5) is 14.7. The van der Waals surface area contributed by atoms with Gasteiger partial charge in [-0.25, -0.2) is 0 Å². The van der Waals surface area contributed by atoms with Crippen LogP contribution in [0.2, 0.25) is 0 Å². The van der Waals surface area contributed by atoms with Gasteiger partial charge in [-0.1, -0.05) is 48.5 Å². The molecule has 1 fully saturated rings. The lowest BCUT2D eigenvalue weighted by Crippen LogP contribution is -2.58. The van der Waals surface area contributed by atoms with Gasteiger partial charge in [-0.05, 0) is 55.4 Å². The van der Waals surface area contributed by atoms with Gasteiger partial charge in [0, 0.05) is 26.2 Å². The molecule has 1 saturated heterocycles. The van der Waals surface area contributed by atoms with Gasteiger partial charge in [-0.15, -0.1) is 0 Å². The SMILES string of the molecule is Cc1cccc(CNC[C@@]2(O)CCCN(CCc3ccccc3)C2=O)c1C. The molecule has 1 aliphatic rings. The first kappa shape index (κ1) is 19.6. The molecule has 27 heavy (non-hydrogen) atoms. The number of nitrogens with zero attached hydrogens (tertiary/aromatic N) is 1. The Hall–Kier alpha value is -2.17. The van der Waals surface area contributed by atoms with E-state index in [1.165, 1.54) is 22.3 Å². The van der Waals surface area contributed by atoms with Gasteiger partial charge in [0.1, 0.15) is 0 Å². The number of amides is 1. The third-order valence-corrected chi connectivity index (χ3v) is 5.67. The van der Waals surface area contributed by atoms with E-state index in [1.807, 2.05) is 29.2 Å². The highest BCUT2D eigenvalue weighted by molar-refractivity contribution is 5.86. The van der Waals surface area contributed by atoms with Crippen LogP contribution in [0.25, 0.3) is 0 Å². The van der Waals surface area contributed by atoms with E-state index in [9.17, 15) is 9.90 Å². The molecular weight excluding hydrogens is 336 g/mol. The van der Waals surface area contributed by atoms with E-state index in [2.05, 4.69) is 43.4 Å². The lowest BCUT2D eigenvalue weighted by atomic mass is 9.91. The summed E-state index contributed by atoms with van der Waals surface area (Å²) in [5.74, 6) is -0.141. The Labute approximate surface area is 162 Å². The summed E-state index contributed by atoms with van der Waals surface area (Å²) in [6.07, 6.45) is 2.17. The van der Waals surface area contributed by atoms with Gasteiger partial charge in [0.05, 0.1) is 0 Å². The van der Waals surface area contributed by atoms with E-state index < -0.39 is 5.60 Å². The first-order chi connectivity index (χ1) is 13.0. The summed E-state index contributed by atoms with van der Waals surface area (Å²) in [5, 5.41) is 14.3. The average molecular weight is 367 g/mol. The standard InChI is InChI=1S/C23H30N2O2/c1-18-8-6-11-21(19(18)2)16-24-17-23(27)13-7-14-25(22(23)26)15-12-20-9-4-3-5-10-20/h3-6,8-11,24,27H,7,12-17H2,1-2H3/t23-/m0/s1. The normalized spacial score (nSPS) is 20.1. The monoisotopic (exact) mass is 366 g/mol. The second-order valence-corrected chi connectivity index (χ2v) is 7.63. The van der Waals surface area contributed by atoms with Crippen LogP contribution in [0.3, 0.4) is 0 Å². The van der Waals surface area contributed by atoms with Crippen molar-refractivity contribution in [1.29, 1.82) is 0 Å². The number of aryl methyl sites for hydroxylation is 1. The van der Waals surface area contributed by atoms with Crippen molar-refractivity contribution in [2.75, 3.05) is 19.6 Å². The summed E-state index contributed by atoms with van der Waals surface area (Å²) in [7, 11) is 0. The smallest absolute Gasteiger partial charge is 0.255 e. The first-order valence-electron chi connectivity index (χ1n) is 9.81. The molecule has 1 aliphatic heterocycles. The number of nitrogens with one attached hydrogen (secondary N) is 1. The minimum absolute atomic E-state index is 0.141. The molecule has 2 N–H and O–H groups in total. The number of carbonyl (C=O) groups excluding carboxylic acids is 1. The number of hydrogen-bond donors (Lipinski definition) is 2. The van der Waals surface area contributed by atoms with E-state index in [-0.39, 0.29) is 5.91 Å². The molecule has 3 rings (SSSR count).